The number of aliphatic hydroxyl groups is 1. The first-order valence-electron chi connectivity index (χ1n) is 11.3. The Balaban J connectivity index is 0.000000476. The second-order valence-corrected chi connectivity index (χ2v) is 9.67. The molecule has 0 aliphatic heterocycles. The molecule has 0 atom stereocenters. The third-order valence-corrected chi connectivity index (χ3v) is 5.27. The molecule has 0 saturated heterocycles. The van der Waals surface area contributed by atoms with Gasteiger partial charge >= 0.3 is 0 Å². The molecule has 4 aromatic rings. The number of pyridine rings is 1. The Morgan fingerprint density at radius 3 is 2.20 bits per heavy atom. The summed E-state index contributed by atoms with van der Waals surface area (Å²) in [6, 6.07) is 22.2. The molecule has 2 aromatic carbocycles. The van der Waals surface area contributed by atoms with E-state index >= 15 is 0 Å². The molecule has 1 N–H and O–H groups in total. The zero-order valence-corrected chi connectivity index (χ0v) is 23.7. The number of nitrogens with zero attached hydrogens (tertiary/aromatic N) is 1. The van der Waals surface area contributed by atoms with Crippen LogP contribution in [-0.2, 0) is 30.3 Å². The normalized spacial score (nSPS) is 11.5. The molecule has 4 nitrogen and oxygen atoms in total. The SMILES string of the molecule is CC(=O)/C=C(/C)O.Cc1[c-]c(-c2ccc3oc(-c4ccc(C)cc4)cc3n2)cc(C(C)(C)C)c1.[Ir]. The second-order valence-electron chi connectivity index (χ2n) is 9.67. The topological polar surface area (TPSA) is 63.3 Å². The van der Waals surface area contributed by atoms with Gasteiger partial charge in [0.15, 0.2) is 11.4 Å². The van der Waals surface area contributed by atoms with Crippen LogP contribution in [-0.4, -0.2) is 15.9 Å². The minimum atomic E-state index is -0.125. The molecule has 2 heterocycles. The van der Waals surface area contributed by atoms with Gasteiger partial charge in [0.05, 0.1) is 11.3 Å². The van der Waals surface area contributed by atoms with Gasteiger partial charge in [0.25, 0.3) is 0 Å². The Kier molecular flexibility index (Phi) is 9.37. The molecule has 0 aliphatic rings. The van der Waals surface area contributed by atoms with Crippen molar-refractivity contribution in [3.63, 3.8) is 0 Å². The molecule has 0 spiro atoms. The molecule has 0 saturated carbocycles. The van der Waals surface area contributed by atoms with Crippen molar-refractivity contribution in [1.82, 2.24) is 4.98 Å². The van der Waals surface area contributed by atoms with E-state index in [1.165, 1.54) is 31.1 Å². The van der Waals surface area contributed by atoms with Crippen molar-refractivity contribution < 1.29 is 34.4 Å². The van der Waals surface area contributed by atoms with E-state index in [1.54, 1.807) is 0 Å². The second kappa shape index (κ2) is 11.6. The van der Waals surface area contributed by atoms with Crippen LogP contribution in [0.25, 0.3) is 33.7 Å². The molecule has 0 unspecified atom stereocenters. The van der Waals surface area contributed by atoms with E-state index in [9.17, 15) is 4.79 Å². The fourth-order valence-corrected chi connectivity index (χ4v) is 3.51. The Bertz CT molecular complexity index is 1340. The summed E-state index contributed by atoms with van der Waals surface area (Å²) in [7, 11) is 0. The van der Waals surface area contributed by atoms with Gasteiger partial charge in [0, 0.05) is 37.8 Å². The number of rotatable bonds is 3. The van der Waals surface area contributed by atoms with Crippen molar-refractivity contribution in [3.8, 4) is 22.6 Å². The van der Waals surface area contributed by atoms with E-state index in [4.69, 9.17) is 14.5 Å². The Morgan fingerprint density at radius 2 is 1.66 bits per heavy atom. The summed E-state index contributed by atoms with van der Waals surface area (Å²) in [4.78, 5) is 14.9. The van der Waals surface area contributed by atoms with E-state index in [0.29, 0.717) is 0 Å². The van der Waals surface area contributed by atoms with Crippen LogP contribution in [0.1, 0.15) is 51.3 Å². The van der Waals surface area contributed by atoms with E-state index in [-0.39, 0.29) is 37.1 Å². The van der Waals surface area contributed by atoms with E-state index in [2.05, 4.69) is 77.1 Å². The molecule has 2 aromatic heterocycles. The van der Waals surface area contributed by atoms with Crippen molar-refractivity contribution in [2.24, 2.45) is 0 Å². The molecular weight excluding hydrogens is 615 g/mol. The first-order valence-corrected chi connectivity index (χ1v) is 11.3. The first kappa shape index (κ1) is 28.2. The number of hydrogen-bond donors (Lipinski definition) is 1. The number of carbonyl (C=O) groups is 1. The largest absolute Gasteiger partial charge is 0.512 e. The number of furan rings is 1. The van der Waals surface area contributed by atoms with Crippen LogP contribution in [0.2, 0.25) is 0 Å². The number of aromatic nitrogens is 1. The summed E-state index contributed by atoms with van der Waals surface area (Å²) in [5.41, 5.74) is 8.45. The quantitative estimate of drug-likeness (QED) is 0.140. The van der Waals surface area contributed by atoms with Crippen molar-refractivity contribution in [3.05, 3.63) is 89.2 Å². The Hall–Kier alpha value is -3.01. The molecule has 0 aliphatic carbocycles. The molecule has 35 heavy (non-hydrogen) atoms. The summed E-state index contributed by atoms with van der Waals surface area (Å²) in [6.07, 6.45) is 1.17. The summed E-state index contributed by atoms with van der Waals surface area (Å²) in [5, 5.41) is 8.36. The van der Waals surface area contributed by atoms with E-state index < -0.39 is 0 Å². The van der Waals surface area contributed by atoms with Crippen LogP contribution in [0.5, 0.6) is 0 Å². The number of carbonyl (C=O) groups excluding carboxylic acids is 1. The van der Waals surface area contributed by atoms with Gasteiger partial charge in [-0.1, -0.05) is 63.6 Å². The minimum absolute atomic E-state index is 0. The van der Waals surface area contributed by atoms with Gasteiger partial charge in [-0.25, -0.2) is 0 Å². The van der Waals surface area contributed by atoms with Crippen LogP contribution < -0.4 is 0 Å². The Morgan fingerprint density at radius 1 is 1.00 bits per heavy atom. The zero-order chi connectivity index (χ0) is 25.0. The van der Waals surface area contributed by atoms with Crippen LogP contribution in [0.3, 0.4) is 0 Å². The predicted molar refractivity (Wildman–Crippen MR) is 139 cm³/mol. The fourth-order valence-electron chi connectivity index (χ4n) is 3.51. The van der Waals surface area contributed by atoms with Gasteiger partial charge in [0.2, 0.25) is 0 Å². The van der Waals surface area contributed by atoms with Crippen LogP contribution in [0.4, 0.5) is 0 Å². The molecule has 0 amide bonds. The molecule has 4 rings (SSSR count). The molecule has 5 heteroatoms. The maximum Gasteiger partial charge on any atom is 0.155 e. The number of ketones is 1. The number of benzene rings is 2. The molecule has 185 valence electrons. The summed E-state index contributed by atoms with van der Waals surface area (Å²) in [5.74, 6) is 0.783. The Labute approximate surface area is 221 Å². The summed E-state index contributed by atoms with van der Waals surface area (Å²) >= 11 is 0. The maximum absolute atomic E-state index is 10.0. The first-order chi connectivity index (χ1) is 15.9. The molecule has 1 radical (unpaired) electrons. The number of aryl methyl sites for hydroxylation is 2. The number of allylic oxidation sites excluding steroid dienone is 2. The van der Waals surface area contributed by atoms with Crippen molar-refractivity contribution in [1.29, 1.82) is 0 Å². The van der Waals surface area contributed by atoms with Crippen molar-refractivity contribution in [2.75, 3.05) is 0 Å². The monoisotopic (exact) mass is 647 g/mol. The average molecular weight is 647 g/mol. The molecule has 0 bridgehead atoms. The number of fused-ring (bicyclic) bond motifs is 1. The third-order valence-electron chi connectivity index (χ3n) is 5.27. The number of aliphatic hydroxyl groups excluding tert-OH is 1. The fraction of sp³-hybridized carbons (Fsp3) is 0.267. The third kappa shape index (κ3) is 7.74. The van der Waals surface area contributed by atoms with Gasteiger partial charge in [-0.2, -0.15) is 0 Å². The van der Waals surface area contributed by atoms with Crippen LogP contribution in [0.15, 0.2) is 70.8 Å². The molecular formula is C30H32IrNO3-. The predicted octanol–water partition coefficient (Wildman–Crippen LogP) is 7.91. The van der Waals surface area contributed by atoms with Crippen molar-refractivity contribution in [2.45, 2.75) is 53.9 Å². The standard InChI is InChI=1S/C25H24NO.C5H8O2.Ir/c1-16-6-8-18(9-7-16)24-15-22-23(27-24)11-10-21(26-22)19-12-17(2)13-20(14-19)25(3,4)5;1-4(6)3-5(2)7;/h6-11,13-15H,1-5H3;3,6H,1-2H3;/q-1;;/b;4-3-;. The summed E-state index contributed by atoms with van der Waals surface area (Å²) < 4.78 is 6.01. The smallest absolute Gasteiger partial charge is 0.155 e. The van der Waals surface area contributed by atoms with Crippen LogP contribution >= 0.6 is 0 Å². The van der Waals surface area contributed by atoms with Gasteiger partial charge in [0.1, 0.15) is 5.76 Å². The van der Waals surface area contributed by atoms with Crippen LogP contribution in [0, 0.1) is 19.9 Å². The van der Waals surface area contributed by atoms with Gasteiger partial charge in [-0.3, -0.25) is 9.78 Å². The van der Waals surface area contributed by atoms with Gasteiger partial charge < -0.3 is 9.52 Å². The van der Waals surface area contributed by atoms with Gasteiger partial charge in [-0.15, -0.1) is 34.9 Å². The van der Waals surface area contributed by atoms with E-state index in [1.807, 2.05) is 18.2 Å². The average Bonchev–Trinajstić information content (AvgIpc) is 3.16. The van der Waals surface area contributed by atoms with Gasteiger partial charge in [-0.05, 0) is 37.9 Å². The maximum atomic E-state index is 10.0. The van der Waals surface area contributed by atoms with E-state index in [0.717, 1.165) is 39.2 Å². The zero-order valence-electron chi connectivity index (χ0n) is 21.3. The minimum Gasteiger partial charge on any atom is -0.512 e. The summed E-state index contributed by atoms with van der Waals surface area (Å²) in [6.45, 7) is 13.7. The van der Waals surface area contributed by atoms with Crippen molar-refractivity contribution >= 4 is 16.9 Å². The number of hydrogen-bond acceptors (Lipinski definition) is 4. The molecule has 0 fully saturated rings.